The summed E-state index contributed by atoms with van der Waals surface area (Å²) in [6.45, 7) is 6.51. The maximum Gasteiger partial charge on any atom is 0.0716 e. The molecule has 0 spiro atoms. The minimum atomic E-state index is -0.289. The van der Waals surface area contributed by atoms with Crippen molar-refractivity contribution in [3.05, 3.63) is 0 Å². The minimum absolute atomic E-state index is 0.0197. The zero-order valence-electron chi connectivity index (χ0n) is 7.67. The Morgan fingerprint density at radius 2 is 1.91 bits per heavy atom. The lowest BCUT2D eigenvalue weighted by molar-refractivity contribution is 0.0122. The van der Waals surface area contributed by atoms with Gasteiger partial charge in [-0.15, -0.1) is 0 Å². The summed E-state index contributed by atoms with van der Waals surface area (Å²) in [5, 5.41) is 9.55. The van der Waals surface area contributed by atoms with Crippen LogP contribution in [0.5, 0.6) is 0 Å². The molecule has 0 saturated heterocycles. The van der Waals surface area contributed by atoms with Gasteiger partial charge in [-0.05, 0) is 24.2 Å². The summed E-state index contributed by atoms with van der Waals surface area (Å²) in [4.78, 5) is 0. The van der Waals surface area contributed by atoms with Gasteiger partial charge in [0.2, 0.25) is 0 Å². The van der Waals surface area contributed by atoms with E-state index in [4.69, 9.17) is 5.73 Å². The lowest BCUT2D eigenvalue weighted by Crippen LogP contribution is -2.47. The number of aliphatic hydroxyl groups is 1. The van der Waals surface area contributed by atoms with E-state index in [9.17, 15) is 5.11 Å². The molecule has 0 radical (unpaired) electrons. The van der Waals surface area contributed by atoms with E-state index in [1.165, 1.54) is 0 Å². The van der Waals surface area contributed by atoms with Gasteiger partial charge >= 0.3 is 0 Å². The van der Waals surface area contributed by atoms with Gasteiger partial charge in [0, 0.05) is 6.04 Å². The van der Waals surface area contributed by atoms with Crippen molar-refractivity contribution in [3.8, 4) is 0 Å². The number of aliphatic hydroxyl groups excluding tert-OH is 1. The molecule has 11 heavy (non-hydrogen) atoms. The zero-order chi connectivity index (χ0) is 8.65. The zero-order valence-corrected chi connectivity index (χ0v) is 7.67. The van der Waals surface area contributed by atoms with Gasteiger partial charge in [0.1, 0.15) is 0 Å². The van der Waals surface area contributed by atoms with Crippen molar-refractivity contribution < 1.29 is 5.11 Å². The first-order valence-electron chi connectivity index (χ1n) is 4.36. The SMILES string of the molecule is CC1CC(C)(C)CC(N)C1O. The Balaban J connectivity index is 2.62. The van der Waals surface area contributed by atoms with Crippen molar-refractivity contribution in [2.75, 3.05) is 0 Å². The molecule has 0 aromatic rings. The van der Waals surface area contributed by atoms with E-state index in [-0.39, 0.29) is 12.1 Å². The molecule has 1 fully saturated rings. The monoisotopic (exact) mass is 157 g/mol. The molecule has 1 aliphatic carbocycles. The first-order valence-corrected chi connectivity index (χ1v) is 4.36. The average Bonchev–Trinajstić information content (AvgIpc) is 1.81. The van der Waals surface area contributed by atoms with E-state index >= 15 is 0 Å². The average molecular weight is 157 g/mol. The van der Waals surface area contributed by atoms with E-state index in [1.807, 2.05) is 0 Å². The Kier molecular flexibility index (Phi) is 2.26. The van der Waals surface area contributed by atoms with Crippen LogP contribution in [0, 0.1) is 11.3 Å². The summed E-state index contributed by atoms with van der Waals surface area (Å²) in [5.41, 5.74) is 6.11. The molecule has 66 valence electrons. The van der Waals surface area contributed by atoms with Gasteiger partial charge in [-0.1, -0.05) is 20.8 Å². The van der Waals surface area contributed by atoms with E-state index in [0.717, 1.165) is 12.8 Å². The van der Waals surface area contributed by atoms with Gasteiger partial charge in [0.05, 0.1) is 6.10 Å². The molecule has 1 rings (SSSR count). The summed E-state index contributed by atoms with van der Waals surface area (Å²) in [5.74, 6) is 0.355. The highest BCUT2D eigenvalue weighted by Crippen LogP contribution is 2.37. The largest absolute Gasteiger partial charge is 0.391 e. The summed E-state index contributed by atoms with van der Waals surface area (Å²) in [6.07, 6.45) is 1.74. The van der Waals surface area contributed by atoms with Gasteiger partial charge in [0.15, 0.2) is 0 Å². The molecule has 0 bridgehead atoms. The first-order chi connectivity index (χ1) is 4.92. The Morgan fingerprint density at radius 3 is 2.36 bits per heavy atom. The quantitative estimate of drug-likeness (QED) is 0.553. The molecule has 3 unspecified atom stereocenters. The third kappa shape index (κ3) is 1.94. The van der Waals surface area contributed by atoms with Crippen molar-refractivity contribution in [2.45, 2.75) is 45.8 Å². The van der Waals surface area contributed by atoms with Crippen molar-refractivity contribution in [1.82, 2.24) is 0 Å². The van der Waals surface area contributed by atoms with E-state index < -0.39 is 0 Å². The Hall–Kier alpha value is -0.0800. The van der Waals surface area contributed by atoms with Gasteiger partial charge in [-0.2, -0.15) is 0 Å². The molecular weight excluding hydrogens is 138 g/mol. The van der Waals surface area contributed by atoms with Crippen molar-refractivity contribution in [1.29, 1.82) is 0 Å². The molecule has 0 aliphatic heterocycles. The number of hydrogen-bond donors (Lipinski definition) is 2. The molecule has 0 aromatic heterocycles. The first kappa shape index (κ1) is 9.01. The lowest BCUT2D eigenvalue weighted by Gasteiger charge is -2.40. The molecule has 1 aliphatic rings. The maximum absolute atomic E-state index is 9.55. The summed E-state index contributed by atoms with van der Waals surface area (Å²) in [6, 6.07) is -0.0197. The number of nitrogens with two attached hydrogens (primary N) is 1. The maximum atomic E-state index is 9.55. The van der Waals surface area contributed by atoms with Crippen molar-refractivity contribution >= 4 is 0 Å². The van der Waals surface area contributed by atoms with Crippen LogP contribution in [0.2, 0.25) is 0 Å². The van der Waals surface area contributed by atoms with Crippen molar-refractivity contribution in [3.63, 3.8) is 0 Å². The topological polar surface area (TPSA) is 46.2 Å². The standard InChI is InChI=1S/C9H19NO/c1-6-4-9(2,3)5-7(10)8(6)11/h6-8,11H,4-5,10H2,1-3H3. The van der Waals surface area contributed by atoms with Crippen LogP contribution < -0.4 is 5.73 Å². The summed E-state index contributed by atoms with van der Waals surface area (Å²) >= 11 is 0. The Labute approximate surface area is 68.8 Å². The Bertz CT molecular complexity index is 130. The third-order valence-corrected chi connectivity index (χ3v) is 2.68. The predicted octanol–water partition coefficient (Wildman–Crippen LogP) is 1.13. The summed E-state index contributed by atoms with van der Waals surface area (Å²) in [7, 11) is 0. The summed E-state index contributed by atoms with van der Waals surface area (Å²) < 4.78 is 0. The van der Waals surface area contributed by atoms with Gasteiger partial charge in [-0.25, -0.2) is 0 Å². The van der Waals surface area contributed by atoms with Crippen LogP contribution >= 0.6 is 0 Å². The Morgan fingerprint density at radius 1 is 1.36 bits per heavy atom. The van der Waals surface area contributed by atoms with Crippen molar-refractivity contribution in [2.24, 2.45) is 17.1 Å². The normalized spacial score (nSPS) is 43.9. The lowest BCUT2D eigenvalue weighted by atomic mass is 9.69. The molecule has 0 heterocycles. The number of rotatable bonds is 0. The molecule has 2 heteroatoms. The molecule has 0 aromatic carbocycles. The number of hydrogen-bond acceptors (Lipinski definition) is 2. The fourth-order valence-electron chi connectivity index (χ4n) is 2.26. The molecular formula is C9H19NO. The highest BCUT2D eigenvalue weighted by Gasteiger charge is 2.36. The predicted molar refractivity (Wildman–Crippen MR) is 46.2 cm³/mol. The third-order valence-electron chi connectivity index (χ3n) is 2.68. The van der Waals surface area contributed by atoms with Crippen LogP contribution in [0.3, 0.4) is 0 Å². The minimum Gasteiger partial charge on any atom is -0.391 e. The van der Waals surface area contributed by atoms with E-state index in [2.05, 4.69) is 20.8 Å². The highest BCUT2D eigenvalue weighted by atomic mass is 16.3. The fraction of sp³-hybridized carbons (Fsp3) is 1.00. The molecule has 1 saturated carbocycles. The van der Waals surface area contributed by atoms with Crippen LogP contribution in [0.1, 0.15) is 33.6 Å². The second-order valence-electron chi connectivity index (χ2n) is 4.70. The second kappa shape index (κ2) is 2.76. The van der Waals surface area contributed by atoms with E-state index in [1.54, 1.807) is 0 Å². The van der Waals surface area contributed by atoms with Crippen LogP contribution in [-0.4, -0.2) is 17.3 Å². The smallest absolute Gasteiger partial charge is 0.0716 e. The van der Waals surface area contributed by atoms with Crippen LogP contribution in [0.4, 0.5) is 0 Å². The molecule has 3 atom stereocenters. The highest BCUT2D eigenvalue weighted by molar-refractivity contribution is 4.90. The van der Waals surface area contributed by atoms with Gasteiger partial charge in [-0.3, -0.25) is 0 Å². The molecule has 0 amide bonds. The van der Waals surface area contributed by atoms with Gasteiger partial charge in [0.25, 0.3) is 0 Å². The van der Waals surface area contributed by atoms with Crippen LogP contribution in [-0.2, 0) is 0 Å². The fourth-order valence-corrected chi connectivity index (χ4v) is 2.26. The second-order valence-corrected chi connectivity index (χ2v) is 4.70. The van der Waals surface area contributed by atoms with Gasteiger partial charge < -0.3 is 10.8 Å². The van der Waals surface area contributed by atoms with E-state index in [0.29, 0.717) is 11.3 Å². The molecule has 2 nitrogen and oxygen atoms in total. The van der Waals surface area contributed by atoms with Crippen LogP contribution in [0.25, 0.3) is 0 Å². The molecule has 3 N–H and O–H groups in total. The van der Waals surface area contributed by atoms with Crippen LogP contribution in [0.15, 0.2) is 0 Å².